The van der Waals surface area contributed by atoms with Gasteiger partial charge < -0.3 is 0 Å². The number of nitrogens with zero attached hydrogens (tertiary/aromatic N) is 3. The first-order valence-electron chi connectivity index (χ1n) is 5.45. The van der Waals surface area contributed by atoms with Crippen molar-refractivity contribution in [1.29, 1.82) is 0 Å². The third kappa shape index (κ3) is 2.26. The van der Waals surface area contributed by atoms with E-state index in [1.165, 1.54) is 22.8 Å². The van der Waals surface area contributed by atoms with Gasteiger partial charge in [-0.05, 0) is 12.5 Å². The molecular formula is C12H17N3S. The molecular weight excluding hydrogens is 218 g/mol. The van der Waals surface area contributed by atoms with Gasteiger partial charge in [0.15, 0.2) is 0 Å². The van der Waals surface area contributed by atoms with Gasteiger partial charge in [0.2, 0.25) is 0 Å². The molecule has 1 aliphatic heterocycles. The first-order chi connectivity index (χ1) is 7.72. The number of terminal acetylenes is 1. The SMILES string of the molecule is C#CCN(Cc1c(C)cnn1C)C1CSC1. The van der Waals surface area contributed by atoms with Crippen LogP contribution in [0.3, 0.4) is 0 Å². The lowest BCUT2D eigenvalue weighted by Gasteiger charge is -2.35. The highest BCUT2D eigenvalue weighted by Gasteiger charge is 2.26. The Bertz CT molecular complexity index is 381. The standard InChI is InChI=1S/C12H17N3S/c1-4-5-15(11-8-16-9-11)7-12-10(2)6-13-14(12)3/h1,6,11H,5,7-9H2,2-3H3. The zero-order valence-electron chi connectivity index (χ0n) is 9.81. The maximum Gasteiger partial charge on any atom is 0.0605 e. The fourth-order valence-electron chi connectivity index (χ4n) is 1.86. The minimum Gasteiger partial charge on any atom is -0.282 e. The maximum atomic E-state index is 5.43. The first-order valence-corrected chi connectivity index (χ1v) is 6.60. The Morgan fingerprint density at radius 2 is 2.44 bits per heavy atom. The van der Waals surface area contributed by atoms with Crippen molar-refractivity contribution in [3.63, 3.8) is 0 Å². The van der Waals surface area contributed by atoms with Gasteiger partial charge in [-0.3, -0.25) is 9.58 Å². The summed E-state index contributed by atoms with van der Waals surface area (Å²) in [6.07, 6.45) is 7.35. The second-order valence-corrected chi connectivity index (χ2v) is 5.27. The molecule has 1 fully saturated rings. The van der Waals surface area contributed by atoms with E-state index in [-0.39, 0.29) is 0 Å². The van der Waals surface area contributed by atoms with E-state index in [4.69, 9.17) is 6.42 Å². The van der Waals surface area contributed by atoms with Crippen molar-refractivity contribution >= 4 is 11.8 Å². The molecule has 2 heterocycles. The number of thioether (sulfide) groups is 1. The minimum atomic E-state index is 0.648. The van der Waals surface area contributed by atoms with Crippen LogP contribution in [-0.4, -0.2) is 38.8 Å². The number of rotatable bonds is 4. The van der Waals surface area contributed by atoms with Gasteiger partial charge in [-0.2, -0.15) is 16.9 Å². The largest absolute Gasteiger partial charge is 0.282 e. The van der Waals surface area contributed by atoms with Gasteiger partial charge in [-0.25, -0.2) is 0 Å². The Morgan fingerprint density at radius 1 is 1.69 bits per heavy atom. The van der Waals surface area contributed by atoms with Crippen molar-refractivity contribution in [1.82, 2.24) is 14.7 Å². The topological polar surface area (TPSA) is 21.1 Å². The molecule has 2 rings (SSSR count). The molecule has 1 saturated heterocycles. The van der Waals surface area contributed by atoms with Crippen LogP contribution in [0.4, 0.5) is 0 Å². The van der Waals surface area contributed by atoms with E-state index < -0.39 is 0 Å². The second-order valence-electron chi connectivity index (χ2n) is 4.20. The van der Waals surface area contributed by atoms with Crippen LogP contribution in [0.2, 0.25) is 0 Å². The summed E-state index contributed by atoms with van der Waals surface area (Å²) >= 11 is 1.99. The quantitative estimate of drug-likeness (QED) is 0.734. The summed E-state index contributed by atoms with van der Waals surface area (Å²) in [6.45, 7) is 3.75. The Kier molecular flexibility index (Phi) is 3.57. The monoisotopic (exact) mass is 235 g/mol. The highest BCUT2D eigenvalue weighted by molar-refractivity contribution is 8.00. The lowest BCUT2D eigenvalue weighted by Crippen LogP contribution is -2.44. The number of aryl methyl sites for hydroxylation is 2. The maximum absolute atomic E-state index is 5.43. The van der Waals surface area contributed by atoms with Crippen molar-refractivity contribution in [3.05, 3.63) is 17.5 Å². The molecule has 0 bridgehead atoms. The summed E-state index contributed by atoms with van der Waals surface area (Å²) < 4.78 is 1.95. The molecule has 86 valence electrons. The molecule has 1 aromatic heterocycles. The fraction of sp³-hybridized carbons (Fsp3) is 0.583. The van der Waals surface area contributed by atoms with Crippen LogP contribution >= 0.6 is 11.8 Å². The summed E-state index contributed by atoms with van der Waals surface area (Å²) in [5.41, 5.74) is 2.52. The Balaban J connectivity index is 2.08. The summed E-state index contributed by atoms with van der Waals surface area (Å²) in [4.78, 5) is 2.38. The summed E-state index contributed by atoms with van der Waals surface area (Å²) in [6, 6.07) is 0.648. The van der Waals surface area contributed by atoms with Crippen LogP contribution in [0.15, 0.2) is 6.20 Å². The molecule has 0 unspecified atom stereocenters. The Morgan fingerprint density at radius 3 is 2.88 bits per heavy atom. The average molecular weight is 235 g/mol. The summed E-state index contributed by atoms with van der Waals surface area (Å²) in [5.74, 6) is 5.17. The van der Waals surface area contributed by atoms with E-state index >= 15 is 0 Å². The molecule has 16 heavy (non-hydrogen) atoms. The normalized spacial score (nSPS) is 16.1. The fourth-order valence-corrected chi connectivity index (χ4v) is 2.73. The highest BCUT2D eigenvalue weighted by atomic mass is 32.2. The molecule has 1 aliphatic rings. The van der Waals surface area contributed by atoms with Gasteiger partial charge in [-0.15, -0.1) is 6.42 Å². The molecule has 0 atom stereocenters. The van der Waals surface area contributed by atoms with Gasteiger partial charge in [0.05, 0.1) is 18.4 Å². The van der Waals surface area contributed by atoms with E-state index in [0.717, 1.165) is 13.1 Å². The third-order valence-corrected chi connectivity index (χ3v) is 4.30. The van der Waals surface area contributed by atoms with Crippen molar-refractivity contribution in [3.8, 4) is 12.3 Å². The zero-order chi connectivity index (χ0) is 11.5. The zero-order valence-corrected chi connectivity index (χ0v) is 10.6. The van der Waals surface area contributed by atoms with Gasteiger partial charge in [-0.1, -0.05) is 5.92 Å². The highest BCUT2D eigenvalue weighted by Crippen LogP contribution is 2.24. The van der Waals surface area contributed by atoms with Gasteiger partial charge in [0, 0.05) is 31.1 Å². The van der Waals surface area contributed by atoms with E-state index in [0.29, 0.717) is 6.04 Å². The Labute approximate surface area is 101 Å². The van der Waals surface area contributed by atoms with Crippen LogP contribution in [0.5, 0.6) is 0 Å². The van der Waals surface area contributed by atoms with E-state index in [1.807, 2.05) is 29.7 Å². The van der Waals surface area contributed by atoms with Crippen LogP contribution in [0, 0.1) is 19.3 Å². The van der Waals surface area contributed by atoms with E-state index in [9.17, 15) is 0 Å². The average Bonchev–Trinajstić information content (AvgIpc) is 2.47. The molecule has 0 saturated carbocycles. The molecule has 0 aliphatic carbocycles. The summed E-state index contributed by atoms with van der Waals surface area (Å²) in [5, 5.41) is 4.27. The van der Waals surface area contributed by atoms with Crippen molar-refractivity contribution in [2.75, 3.05) is 18.1 Å². The number of hydrogen-bond donors (Lipinski definition) is 0. The van der Waals surface area contributed by atoms with Crippen LogP contribution < -0.4 is 0 Å². The van der Waals surface area contributed by atoms with Crippen molar-refractivity contribution in [2.45, 2.75) is 19.5 Å². The molecule has 3 nitrogen and oxygen atoms in total. The molecule has 0 aromatic carbocycles. The molecule has 0 spiro atoms. The van der Waals surface area contributed by atoms with Crippen molar-refractivity contribution in [2.24, 2.45) is 7.05 Å². The summed E-state index contributed by atoms with van der Waals surface area (Å²) in [7, 11) is 1.99. The van der Waals surface area contributed by atoms with Gasteiger partial charge in [0.1, 0.15) is 0 Å². The van der Waals surface area contributed by atoms with Gasteiger partial charge >= 0.3 is 0 Å². The van der Waals surface area contributed by atoms with Crippen molar-refractivity contribution < 1.29 is 0 Å². The molecule has 4 heteroatoms. The van der Waals surface area contributed by atoms with Crippen LogP contribution in [0.25, 0.3) is 0 Å². The minimum absolute atomic E-state index is 0.648. The third-order valence-electron chi connectivity index (χ3n) is 3.05. The smallest absolute Gasteiger partial charge is 0.0605 e. The predicted molar refractivity (Wildman–Crippen MR) is 68.3 cm³/mol. The lowest BCUT2D eigenvalue weighted by atomic mass is 10.2. The number of hydrogen-bond acceptors (Lipinski definition) is 3. The molecule has 0 N–H and O–H groups in total. The number of aromatic nitrogens is 2. The molecule has 0 amide bonds. The van der Waals surface area contributed by atoms with E-state index in [1.54, 1.807) is 0 Å². The molecule has 1 aromatic rings. The first kappa shape index (κ1) is 11.6. The van der Waals surface area contributed by atoms with Crippen LogP contribution in [0.1, 0.15) is 11.3 Å². The van der Waals surface area contributed by atoms with Crippen LogP contribution in [-0.2, 0) is 13.6 Å². The van der Waals surface area contributed by atoms with Gasteiger partial charge in [0.25, 0.3) is 0 Å². The Hall–Kier alpha value is -0.920. The second kappa shape index (κ2) is 4.94. The molecule has 0 radical (unpaired) electrons. The predicted octanol–water partition coefficient (Wildman–Crippen LogP) is 1.28. The lowest BCUT2D eigenvalue weighted by molar-refractivity contribution is 0.233. The van der Waals surface area contributed by atoms with E-state index in [2.05, 4.69) is 22.8 Å².